The average molecular weight is 213 g/mol. The SMILES string of the molecule is CC(O)CCC(=O)NC1CCC(C)CC1. The first kappa shape index (κ1) is 12.5. The standard InChI is InChI=1S/C12H23NO2/c1-9-3-6-11(7-4-9)13-12(15)8-5-10(2)14/h9-11,14H,3-8H2,1-2H3,(H,13,15). The van der Waals surface area contributed by atoms with E-state index in [4.69, 9.17) is 5.11 Å². The van der Waals surface area contributed by atoms with Crippen LogP contribution in [0, 0.1) is 5.92 Å². The van der Waals surface area contributed by atoms with E-state index < -0.39 is 0 Å². The lowest BCUT2D eigenvalue weighted by atomic mass is 9.87. The minimum Gasteiger partial charge on any atom is -0.393 e. The monoisotopic (exact) mass is 213 g/mol. The van der Waals surface area contributed by atoms with Crippen molar-refractivity contribution in [2.45, 2.75) is 64.5 Å². The van der Waals surface area contributed by atoms with E-state index >= 15 is 0 Å². The molecule has 0 aromatic rings. The zero-order valence-electron chi connectivity index (χ0n) is 9.83. The molecule has 88 valence electrons. The summed E-state index contributed by atoms with van der Waals surface area (Å²) in [7, 11) is 0. The van der Waals surface area contributed by atoms with Gasteiger partial charge in [0, 0.05) is 12.5 Å². The zero-order valence-corrected chi connectivity index (χ0v) is 9.83. The first-order valence-electron chi connectivity index (χ1n) is 6.05. The van der Waals surface area contributed by atoms with Gasteiger partial charge >= 0.3 is 0 Å². The molecule has 1 unspecified atom stereocenters. The minimum atomic E-state index is -0.373. The molecular formula is C12H23NO2. The van der Waals surface area contributed by atoms with Gasteiger partial charge in [0.15, 0.2) is 0 Å². The summed E-state index contributed by atoms with van der Waals surface area (Å²) in [6.07, 6.45) is 5.31. The van der Waals surface area contributed by atoms with Crippen LogP contribution in [0.4, 0.5) is 0 Å². The lowest BCUT2D eigenvalue weighted by Crippen LogP contribution is -2.37. The van der Waals surface area contributed by atoms with Crippen molar-refractivity contribution in [3.8, 4) is 0 Å². The second-order valence-electron chi connectivity index (χ2n) is 4.91. The largest absolute Gasteiger partial charge is 0.393 e. The van der Waals surface area contributed by atoms with Gasteiger partial charge in [-0.2, -0.15) is 0 Å². The summed E-state index contributed by atoms with van der Waals surface area (Å²) in [5, 5.41) is 12.1. The quantitative estimate of drug-likeness (QED) is 0.748. The van der Waals surface area contributed by atoms with Crippen molar-refractivity contribution in [3.63, 3.8) is 0 Å². The lowest BCUT2D eigenvalue weighted by molar-refractivity contribution is -0.122. The molecule has 1 atom stereocenters. The van der Waals surface area contributed by atoms with Crippen LogP contribution < -0.4 is 5.32 Å². The van der Waals surface area contributed by atoms with Crippen molar-refractivity contribution >= 4 is 5.91 Å². The summed E-state index contributed by atoms with van der Waals surface area (Å²) in [4.78, 5) is 11.5. The van der Waals surface area contributed by atoms with Gasteiger partial charge in [-0.1, -0.05) is 6.92 Å². The Hall–Kier alpha value is -0.570. The maximum Gasteiger partial charge on any atom is 0.220 e. The summed E-state index contributed by atoms with van der Waals surface area (Å²) in [5.41, 5.74) is 0. The van der Waals surface area contributed by atoms with Gasteiger partial charge in [-0.05, 0) is 44.9 Å². The smallest absolute Gasteiger partial charge is 0.220 e. The van der Waals surface area contributed by atoms with E-state index in [2.05, 4.69) is 12.2 Å². The Labute approximate surface area is 92.3 Å². The molecule has 0 aromatic heterocycles. The van der Waals surface area contributed by atoms with Crippen molar-refractivity contribution in [2.24, 2.45) is 5.92 Å². The van der Waals surface area contributed by atoms with Crippen molar-refractivity contribution in [1.29, 1.82) is 0 Å². The van der Waals surface area contributed by atoms with E-state index in [1.165, 1.54) is 12.8 Å². The third kappa shape index (κ3) is 5.17. The molecule has 1 aliphatic carbocycles. The Morgan fingerprint density at radius 1 is 1.40 bits per heavy atom. The van der Waals surface area contributed by atoms with Crippen LogP contribution in [-0.2, 0) is 4.79 Å². The molecule has 0 spiro atoms. The van der Waals surface area contributed by atoms with Gasteiger partial charge in [-0.3, -0.25) is 4.79 Å². The molecule has 15 heavy (non-hydrogen) atoms. The van der Waals surface area contributed by atoms with E-state index in [1.807, 2.05) is 0 Å². The number of hydrogen-bond acceptors (Lipinski definition) is 2. The van der Waals surface area contributed by atoms with Crippen molar-refractivity contribution in [3.05, 3.63) is 0 Å². The van der Waals surface area contributed by atoms with Crippen LogP contribution in [0.5, 0.6) is 0 Å². The van der Waals surface area contributed by atoms with E-state index in [9.17, 15) is 4.79 Å². The number of carbonyl (C=O) groups excluding carboxylic acids is 1. The van der Waals surface area contributed by atoms with Crippen LogP contribution in [0.15, 0.2) is 0 Å². The molecule has 1 amide bonds. The average Bonchev–Trinajstić information content (AvgIpc) is 2.19. The Morgan fingerprint density at radius 2 is 2.00 bits per heavy atom. The minimum absolute atomic E-state index is 0.0930. The summed E-state index contributed by atoms with van der Waals surface area (Å²) >= 11 is 0. The Kier molecular flexibility index (Phi) is 5.09. The Balaban J connectivity index is 2.15. The normalized spacial score (nSPS) is 28.5. The lowest BCUT2D eigenvalue weighted by Gasteiger charge is -2.26. The summed E-state index contributed by atoms with van der Waals surface area (Å²) in [6, 6.07) is 0.377. The highest BCUT2D eigenvalue weighted by Gasteiger charge is 2.19. The molecule has 1 rings (SSSR count). The van der Waals surface area contributed by atoms with Gasteiger partial charge in [-0.25, -0.2) is 0 Å². The number of hydrogen-bond donors (Lipinski definition) is 2. The van der Waals surface area contributed by atoms with E-state index in [1.54, 1.807) is 6.92 Å². The van der Waals surface area contributed by atoms with Crippen LogP contribution >= 0.6 is 0 Å². The first-order valence-corrected chi connectivity index (χ1v) is 6.05. The molecule has 3 heteroatoms. The van der Waals surface area contributed by atoms with Gasteiger partial charge in [0.1, 0.15) is 0 Å². The topological polar surface area (TPSA) is 49.3 Å². The fraction of sp³-hybridized carbons (Fsp3) is 0.917. The fourth-order valence-electron chi connectivity index (χ4n) is 2.04. The third-order valence-electron chi connectivity index (χ3n) is 3.17. The molecule has 0 heterocycles. The molecule has 1 fully saturated rings. The van der Waals surface area contributed by atoms with Crippen molar-refractivity contribution < 1.29 is 9.90 Å². The third-order valence-corrected chi connectivity index (χ3v) is 3.17. The van der Waals surface area contributed by atoms with Gasteiger partial charge in [-0.15, -0.1) is 0 Å². The predicted molar refractivity (Wildman–Crippen MR) is 60.5 cm³/mol. The van der Waals surface area contributed by atoms with Crippen LogP contribution in [0.1, 0.15) is 52.4 Å². The Bertz CT molecular complexity index is 196. The summed E-state index contributed by atoms with van der Waals surface area (Å²) in [5.74, 6) is 0.908. The molecule has 2 N–H and O–H groups in total. The maximum atomic E-state index is 11.5. The zero-order chi connectivity index (χ0) is 11.3. The van der Waals surface area contributed by atoms with Crippen LogP contribution in [0.3, 0.4) is 0 Å². The Morgan fingerprint density at radius 3 is 2.53 bits per heavy atom. The second kappa shape index (κ2) is 6.11. The first-order chi connectivity index (χ1) is 7.08. The molecule has 0 bridgehead atoms. The predicted octanol–water partition coefficient (Wildman–Crippen LogP) is 1.84. The molecule has 0 radical (unpaired) electrons. The molecule has 1 aliphatic rings. The highest BCUT2D eigenvalue weighted by molar-refractivity contribution is 5.76. The van der Waals surface area contributed by atoms with E-state index in [0.29, 0.717) is 18.9 Å². The van der Waals surface area contributed by atoms with Crippen molar-refractivity contribution in [2.75, 3.05) is 0 Å². The molecule has 0 saturated heterocycles. The second-order valence-corrected chi connectivity index (χ2v) is 4.91. The molecule has 0 aromatic carbocycles. The molecule has 0 aliphatic heterocycles. The fourth-order valence-corrected chi connectivity index (χ4v) is 2.04. The summed E-state index contributed by atoms with van der Waals surface area (Å²) < 4.78 is 0. The molecular weight excluding hydrogens is 190 g/mol. The number of rotatable bonds is 4. The van der Waals surface area contributed by atoms with Crippen LogP contribution in [0.2, 0.25) is 0 Å². The van der Waals surface area contributed by atoms with Gasteiger partial charge in [0.25, 0.3) is 0 Å². The number of aliphatic hydroxyl groups is 1. The van der Waals surface area contributed by atoms with E-state index in [-0.39, 0.29) is 12.0 Å². The highest BCUT2D eigenvalue weighted by atomic mass is 16.3. The number of aliphatic hydroxyl groups excluding tert-OH is 1. The maximum absolute atomic E-state index is 11.5. The number of nitrogens with one attached hydrogen (secondary N) is 1. The van der Waals surface area contributed by atoms with Crippen LogP contribution in [-0.4, -0.2) is 23.2 Å². The van der Waals surface area contributed by atoms with Gasteiger partial charge < -0.3 is 10.4 Å². The summed E-state index contributed by atoms with van der Waals surface area (Å²) in [6.45, 7) is 3.99. The van der Waals surface area contributed by atoms with Crippen molar-refractivity contribution in [1.82, 2.24) is 5.32 Å². The number of amides is 1. The molecule has 3 nitrogen and oxygen atoms in total. The van der Waals surface area contributed by atoms with Gasteiger partial charge in [0.05, 0.1) is 6.10 Å². The van der Waals surface area contributed by atoms with Crippen LogP contribution in [0.25, 0.3) is 0 Å². The molecule has 1 saturated carbocycles. The highest BCUT2D eigenvalue weighted by Crippen LogP contribution is 2.23. The van der Waals surface area contributed by atoms with E-state index in [0.717, 1.165) is 18.8 Å². The van der Waals surface area contributed by atoms with Gasteiger partial charge in [0.2, 0.25) is 5.91 Å². The number of carbonyl (C=O) groups is 1.